The first kappa shape index (κ1) is 21.3. The van der Waals surface area contributed by atoms with E-state index in [1.54, 1.807) is 30.3 Å². The molecule has 0 bridgehead atoms. The summed E-state index contributed by atoms with van der Waals surface area (Å²) in [5.74, 6) is 0.650. The third-order valence-corrected chi connectivity index (χ3v) is 5.16. The number of anilines is 1. The van der Waals surface area contributed by atoms with Crippen molar-refractivity contribution in [3.63, 3.8) is 0 Å². The van der Waals surface area contributed by atoms with Gasteiger partial charge in [0.15, 0.2) is 0 Å². The number of carbonyl (C=O) groups is 1. The van der Waals surface area contributed by atoms with Gasteiger partial charge in [0, 0.05) is 43.9 Å². The molecule has 29 heavy (non-hydrogen) atoms. The average Bonchev–Trinajstić information content (AvgIpc) is 2.74. The molecule has 156 valence electrons. The molecular weight excluding hydrogens is 392 g/mol. The topological polar surface area (TPSA) is 76.5 Å². The number of carbonyl (C=O) groups excluding carboxylic acids is 1. The average molecular weight is 419 g/mol. The Bertz CT molecular complexity index is 886. The number of halogens is 1. The fourth-order valence-corrected chi connectivity index (χ4v) is 3.62. The molecule has 1 aromatic carbocycles. The molecule has 0 saturated carbocycles. The molecule has 1 saturated heterocycles. The molecule has 0 spiro atoms. The molecule has 1 atom stereocenters. The maximum Gasteiger partial charge on any atom is 0.271 e. The normalized spacial score (nSPS) is 16.6. The van der Waals surface area contributed by atoms with Crippen molar-refractivity contribution < 1.29 is 9.53 Å². The number of hydrogen-bond donors (Lipinski definition) is 1. The Labute approximate surface area is 175 Å². The molecule has 1 aliphatic rings. The first-order valence-corrected chi connectivity index (χ1v) is 10.4. The summed E-state index contributed by atoms with van der Waals surface area (Å²) in [6.07, 6.45) is 2.55. The fraction of sp³-hybridized carbons (Fsp3) is 0.476. The van der Waals surface area contributed by atoms with E-state index in [-0.39, 0.29) is 17.4 Å². The molecule has 1 aliphatic heterocycles. The molecule has 0 aliphatic carbocycles. The van der Waals surface area contributed by atoms with Crippen LogP contribution >= 0.6 is 11.6 Å². The Hall–Kier alpha value is -2.38. The largest absolute Gasteiger partial charge is 0.382 e. The lowest BCUT2D eigenvalue weighted by Gasteiger charge is -2.33. The van der Waals surface area contributed by atoms with Crippen LogP contribution in [0.15, 0.2) is 41.2 Å². The number of hydrogen-bond acceptors (Lipinski definition) is 5. The van der Waals surface area contributed by atoms with Crippen molar-refractivity contribution >= 4 is 23.3 Å². The quantitative estimate of drug-likeness (QED) is 0.667. The number of nitrogens with zero attached hydrogens (tertiary/aromatic N) is 3. The van der Waals surface area contributed by atoms with E-state index in [2.05, 4.69) is 15.3 Å². The lowest BCUT2D eigenvalue weighted by atomic mass is 9.97. The predicted octanol–water partition coefficient (Wildman–Crippen LogP) is 2.65. The standard InChI is InChI=1S/C21H27ClN4O3/c1-2-29-13-5-11-23-21(28)16-6-4-12-25(15-16)19-9-10-20(27)26(24-19)18-8-3-7-17(22)14-18/h3,7-10,14,16H,2,4-6,11-13,15H2,1H3,(H,23,28)/t16-/m1/s1. The van der Waals surface area contributed by atoms with Crippen molar-refractivity contribution in [3.8, 4) is 5.69 Å². The summed E-state index contributed by atoms with van der Waals surface area (Å²) in [5, 5.41) is 8.06. The van der Waals surface area contributed by atoms with Gasteiger partial charge in [-0.05, 0) is 50.5 Å². The van der Waals surface area contributed by atoms with Gasteiger partial charge >= 0.3 is 0 Å². The van der Waals surface area contributed by atoms with Crippen LogP contribution in [0.5, 0.6) is 0 Å². The van der Waals surface area contributed by atoms with E-state index in [0.717, 1.165) is 25.8 Å². The molecule has 0 radical (unpaired) electrons. The second-order valence-electron chi connectivity index (χ2n) is 7.05. The minimum atomic E-state index is -0.225. The van der Waals surface area contributed by atoms with Gasteiger partial charge in [0.2, 0.25) is 5.91 Å². The number of rotatable bonds is 8. The first-order chi connectivity index (χ1) is 14.1. The second kappa shape index (κ2) is 10.4. The van der Waals surface area contributed by atoms with Crippen molar-refractivity contribution in [1.29, 1.82) is 0 Å². The Balaban J connectivity index is 1.67. The maximum atomic E-state index is 12.5. The fourth-order valence-electron chi connectivity index (χ4n) is 3.44. The summed E-state index contributed by atoms with van der Waals surface area (Å²) in [5.41, 5.74) is 0.390. The highest BCUT2D eigenvalue weighted by atomic mass is 35.5. The highest BCUT2D eigenvalue weighted by Gasteiger charge is 2.26. The summed E-state index contributed by atoms with van der Waals surface area (Å²) in [4.78, 5) is 26.9. The Morgan fingerprint density at radius 1 is 1.34 bits per heavy atom. The van der Waals surface area contributed by atoms with E-state index in [9.17, 15) is 9.59 Å². The molecule has 2 aromatic rings. The summed E-state index contributed by atoms with van der Waals surface area (Å²) < 4.78 is 6.64. The van der Waals surface area contributed by atoms with Gasteiger partial charge in [-0.1, -0.05) is 17.7 Å². The van der Waals surface area contributed by atoms with Gasteiger partial charge in [0.25, 0.3) is 5.56 Å². The Morgan fingerprint density at radius 3 is 3.00 bits per heavy atom. The zero-order chi connectivity index (χ0) is 20.6. The van der Waals surface area contributed by atoms with Gasteiger partial charge in [-0.15, -0.1) is 5.10 Å². The van der Waals surface area contributed by atoms with Crippen molar-refractivity contribution in [2.75, 3.05) is 37.7 Å². The van der Waals surface area contributed by atoms with Gasteiger partial charge < -0.3 is 15.0 Å². The van der Waals surface area contributed by atoms with Crippen LogP contribution in [0.4, 0.5) is 5.82 Å². The van der Waals surface area contributed by atoms with Gasteiger partial charge in [-0.3, -0.25) is 9.59 Å². The van der Waals surface area contributed by atoms with Gasteiger partial charge in [0.05, 0.1) is 11.6 Å². The van der Waals surface area contributed by atoms with Crippen molar-refractivity contribution in [1.82, 2.24) is 15.1 Å². The van der Waals surface area contributed by atoms with E-state index >= 15 is 0 Å². The Morgan fingerprint density at radius 2 is 2.21 bits per heavy atom. The van der Waals surface area contributed by atoms with E-state index in [1.807, 2.05) is 6.92 Å². The van der Waals surface area contributed by atoms with Gasteiger partial charge in [-0.2, -0.15) is 4.68 Å². The zero-order valence-corrected chi connectivity index (χ0v) is 17.4. The van der Waals surface area contributed by atoms with E-state index in [1.165, 1.54) is 10.7 Å². The second-order valence-corrected chi connectivity index (χ2v) is 7.48. The number of aromatic nitrogens is 2. The minimum Gasteiger partial charge on any atom is -0.382 e. The monoisotopic (exact) mass is 418 g/mol. The molecule has 1 fully saturated rings. The lowest BCUT2D eigenvalue weighted by Crippen LogP contribution is -2.44. The van der Waals surface area contributed by atoms with Crippen molar-refractivity contribution in [3.05, 3.63) is 51.8 Å². The molecule has 1 amide bonds. The number of ether oxygens (including phenoxy) is 1. The van der Waals surface area contributed by atoms with E-state index < -0.39 is 0 Å². The molecule has 1 aromatic heterocycles. The van der Waals surface area contributed by atoms with Crippen LogP contribution in [0, 0.1) is 5.92 Å². The number of nitrogens with one attached hydrogen (secondary N) is 1. The molecule has 8 heteroatoms. The SMILES string of the molecule is CCOCCCNC(=O)[C@@H]1CCCN(c2ccc(=O)n(-c3cccc(Cl)c3)n2)C1. The summed E-state index contributed by atoms with van der Waals surface area (Å²) in [6, 6.07) is 10.2. The smallest absolute Gasteiger partial charge is 0.271 e. The maximum absolute atomic E-state index is 12.5. The van der Waals surface area contributed by atoms with E-state index in [0.29, 0.717) is 42.8 Å². The minimum absolute atomic E-state index is 0.0642. The molecule has 3 rings (SSSR count). The molecular formula is C21H27ClN4O3. The summed E-state index contributed by atoms with van der Waals surface area (Å²) in [6.45, 7) is 5.30. The van der Waals surface area contributed by atoms with Crippen molar-refractivity contribution in [2.45, 2.75) is 26.2 Å². The summed E-state index contributed by atoms with van der Waals surface area (Å²) >= 11 is 6.05. The van der Waals surface area contributed by atoms with Gasteiger partial charge in [0.1, 0.15) is 5.82 Å². The molecule has 7 nitrogen and oxygen atoms in total. The zero-order valence-electron chi connectivity index (χ0n) is 16.6. The van der Waals surface area contributed by atoms with E-state index in [4.69, 9.17) is 16.3 Å². The number of piperidine rings is 1. The lowest BCUT2D eigenvalue weighted by molar-refractivity contribution is -0.125. The molecule has 2 heterocycles. The molecule has 0 unspecified atom stereocenters. The van der Waals surface area contributed by atoms with Crippen LogP contribution in [0.3, 0.4) is 0 Å². The number of benzene rings is 1. The highest BCUT2D eigenvalue weighted by molar-refractivity contribution is 6.30. The van der Waals surface area contributed by atoms with Crippen LogP contribution in [0.25, 0.3) is 5.69 Å². The summed E-state index contributed by atoms with van der Waals surface area (Å²) in [7, 11) is 0. The third kappa shape index (κ3) is 5.81. The first-order valence-electron chi connectivity index (χ1n) is 10.0. The molecule has 1 N–H and O–H groups in total. The van der Waals surface area contributed by atoms with Crippen molar-refractivity contribution in [2.24, 2.45) is 5.92 Å². The third-order valence-electron chi connectivity index (χ3n) is 4.92. The van der Waals surface area contributed by atoms with Crippen LogP contribution in [0.2, 0.25) is 5.02 Å². The van der Waals surface area contributed by atoms with Crippen LogP contribution in [0.1, 0.15) is 26.2 Å². The van der Waals surface area contributed by atoms with Crippen LogP contribution in [-0.4, -0.2) is 48.5 Å². The predicted molar refractivity (Wildman–Crippen MR) is 114 cm³/mol. The highest BCUT2D eigenvalue weighted by Crippen LogP contribution is 2.22. The number of amides is 1. The Kier molecular flexibility index (Phi) is 7.66. The van der Waals surface area contributed by atoms with Crippen LogP contribution in [-0.2, 0) is 9.53 Å². The van der Waals surface area contributed by atoms with Crippen LogP contribution < -0.4 is 15.8 Å². The van der Waals surface area contributed by atoms with Gasteiger partial charge in [-0.25, -0.2) is 0 Å².